The number of anilines is 1. The van der Waals surface area contributed by atoms with Crippen LogP contribution in [-0.4, -0.2) is 29.0 Å². The second-order valence-electron chi connectivity index (χ2n) is 5.21. The Morgan fingerprint density at radius 3 is 2.86 bits per heavy atom. The zero-order valence-corrected chi connectivity index (χ0v) is 12.2. The summed E-state index contributed by atoms with van der Waals surface area (Å²) >= 11 is 0. The number of nitriles is 1. The normalized spacial score (nSPS) is 14.0. The van der Waals surface area contributed by atoms with Gasteiger partial charge in [0, 0.05) is 38.2 Å². The van der Waals surface area contributed by atoms with Gasteiger partial charge in [0.15, 0.2) is 0 Å². The van der Waals surface area contributed by atoms with Crippen LogP contribution in [0.3, 0.4) is 0 Å². The van der Waals surface area contributed by atoms with E-state index in [2.05, 4.69) is 16.3 Å². The first-order valence-electron chi connectivity index (χ1n) is 7.28. The Hall–Kier alpha value is -2.13. The molecular formula is C15H20N4O2. The van der Waals surface area contributed by atoms with Crippen LogP contribution in [0.25, 0.3) is 0 Å². The minimum Gasteiger partial charge on any atom is -0.380 e. The maximum Gasteiger partial charge on any atom is 0.292 e. The molecule has 1 saturated carbocycles. The lowest BCUT2D eigenvalue weighted by Crippen LogP contribution is -2.27. The van der Waals surface area contributed by atoms with E-state index in [1.165, 1.54) is 6.07 Å². The van der Waals surface area contributed by atoms with Gasteiger partial charge in [0.2, 0.25) is 0 Å². The maximum atomic E-state index is 11.2. The maximum absolute atomic E-state index is 11.2. The lowest BCUT2D eigenvalue weighted by atomic mass is 10.1. The first kappa shape index (κ1) is 15.3. The number of benzene rings is 1. The molecule has 0 amide bonds. The van der Waals surface area contributed by atoms with Crippen molar-refractivity contribution in [1.82, 2.24) is 4.90 Å². The smallest absolute Gasteiger partial charge is 0.292 e. The number of nitro groups is 1. The highest BCUT2D eigenvalue weighted by Crippen LogP contribution is 2.33. The average Bonchev–Trinajstić information content (AvgIpc) is 3.29. The molecule has 0 bridgehead atoms. The fraction of sp³-hybridized carbons (Fsp3) is 0.533. The van der Waals surface area contributed by atoms with Gasteiger partial charge >= 0.3 is 0 Å². The molecule has 0 unspecified atom stereocenters. The van der Waals surface area contributed by atoms with Crippen LogP contribution >= 0.6 is 0 Å². The highest BCUT2D eigenvalue weighted by atomic mass is 16.6. The van der Waals surface area contributed by atoms with E-state index in [9.17, 15) is 10.1 Å². The monoisotopic (exact) mass is 288 g/mol. The van der Waals surface area contributed by atoms with E-state index in [0.717, 1.165) is 24.9 Å². The van der Waals surface area contributed by atoms with Crippen LogP contribution in [0.2, 0.25) is 0 Å². The van der Waals surface area contributed by atoms with Crippen LogP contribution in [0.1, 0.15) is 31.7 Å². The summed E-state index contributed by atoms with van der Waals surface area (Å²) in [7, 11) is 0. The summed E-state index contributed by atoms with van der Waals surface area (Å²) in [6.07, 6.45) is 2.79. The third-order valence-corrected chi connectivity index (χ3v) is 3.63. The number of nitro benzene ring substituents is 1. The molecular weight excluding hydrogens is 268 g/mol. The summed E-state index contributed by atoms with van der Waals surface area (Å²) in [5, 5.41) is 23.0. The van der Waals surface area contributed by atoms with Crippen LogP contribution in [-0.2, 0) is 6.54 Å². The van der Waals surface area contributed by atoms with Crippen molar-refractivity contribution >= 4 is 11.4 Å². The van der Waals surface area contributed by atoms with Crippen molar-refractivity contribution in [3.8, 4) is 6.07 Å². The molecule has 1 N–H and O–H groups in total. The topological polar surface area (TPSA) is 82.2 Å². The molecule has 0 aromatic heterocycles. The minimum absolute atomic E-state index is 0.116. The molecule has 112 valence electrons. The Kier molecular flexibility index (Phi) is 5.12. The van der Waals surface area contributed by atoms with E-state index >= 15 is 0 Å². The number of rotatable bonds is 8. The largest absolute Gasteiger partial charge is 0.380 e. The predicted octanol–water partition coefficient (Wildman–Crippen LogP) is 2.90. The van der Waals surface area contributed by atoms with Crippen molar-refractivity contribution in [3.05, 3.63) is 33.9 Å². The molecule has 0 saturated heterocycles. The van der Waals surface area contributed by atoms with E-state index in [1.807, 2.05) is 13.0 Å². The van der Waals surface area contributed by atoms with Crippen molar-refractivity contribution in [2.45, 2.75) is 38.8 Å². The molecule has 0 aliphatic heterocycles. The molecule has 1 aromatic carbocycles. The predicted molar refractivity (Wildman–Crippen MR) is 80.9 cm³/mol. The third-order valence-electron chi connectivity index (χ3n) is 3.63. The second kappa shape index (κ2) is 7.04. The van der Waals surface area contributed by atoms with Gasteiger partial charge in [-0.1, -0.05) is 12.1 Å². The van der Waals surface area contributed by atoms with Crippen LogP contribution < -0.4 is 5.32 Å². The second-order valence-corrected chi connectivity index (χ2v) is 5.21. The minimum atomic E-state index is -0.349. The van der Waals surface area contributed by atoms with Crippen LogP contribution in [0, 0.1) is 21.4 Å². The van der Waals surface area contributed by atoms with E-state index < -0.39 is 0 Å². The third kappa shape index (κ3) is 3.92. The van der Waals surface area contributed by atoms with Crippen LogP contribution in [0.15, 0.2) is 18.2 Å². The van der Waals surface area contributed by atoms with E-state index in [4.69, 9.17) is 5.26 Å². The van der Waals surface area contributed by atoms with Gasteiger partial charge in [-0.25, -0.2) is 0 Å². The lowest BCUT2D eigenvalue weighted by molar-refractivity contribution is -0.384. The number of hydrogen-bond acceptors (Lipinski definition) is 5. The fourth-order valence-electron chi connectivity index (χ4n) is 2.49. The molecule has 0 heterocycles. The molecule has 1 aliphatic carbocycles. The molecule has 0 atom stereocenters. The number of nitrogens with zero attached hydrogens (tertiary/aromatic N) is 3. The summed E-state index contributed by atoms with van der Waals surface area (Å²) in [5.41, 5.74) is 1.65. The van der Waals surface area contributed by atoms with Gasteiger partial charge in [0.1, 0.15) is 5.69 Å². The zero-order chi connectivity index (χ0) is 15.2. The number of para-hydroxylation sites is 1. The van der Waals surface area contributed by atoms with Gasteiger partial charge < -0.3 is 5.32 Å². The highest BCUT2D eigenvalue weighted by Gasteiger charge is 2.29. The standard InChI is InChI=1S/C15H20N4O2/c1-2-17-15-12(5-3-6-14(15)19(20)21)11-18(10-4-9-16)13-7-8-13/h3,5-6,13,17H,2,4,7-8,10-11H2,1H3. The van der Waals surface area contributed by atoms with Gasteiger partial charge in [-0.15, -0.1) is 0 Å². The highest BCUT2D eigenvalue weighted by molar-refractivity contribution is 5.66. The molecule has 6 heteroatoms. The molecule has 1 aromatic rings. The van der Waals surface area contributed by atoms with Crippen molar-refractivity contribution in [2.75, 3.05) is 18.4 Å². The fourth-order valence-corrected chi connectivity index (χ4v) is 2.49. The molecule has 0 spiro atoms. The Morgan fingerprint density at radius 2 is 2.29 bits per heavy atom. The molecule has 21 heavy (non-hydrogen) atoms. The summed E-state index contributed by atoms with van der Waals surface area (Å²) in [5.74, 6) is 0. The molecule has 6 nitrogen and oxygen atoms in total. The average molecular weight is 288 g/mol. The van der Waals surface area contributed by atoms with Gasteiger partial charge in [-0.3, -0.25) is 15.0 Å². The molecule has 2 rings (SSSR count). The Morgan fingerprint density at radius 1 is 1.52 bits per heavy atom. The summed E-state index contributed by atoms with van der Waals surface area (Å²) in [6.45, 7) is 3.93. The summed E-state index contributed by atoms with van der Waals surface area (Å²) in [4.78, 5) is 13.1. The van der Waals surface area contributed by atoms with Crippen molar-refractivity contribution in [1.29, 1.82) is 5.26 Å². The van der Waals surface area contributed by atoms with Gasteiger partial charge in [-0.2, -0.15) is 5.26 Å². The van der Waals surface area contributed by atoms with Gasteiger partial charge in [0.05, 0.1) is 11.0 Å². The first-order chi connectivity index (χ1) is 10.2. The van der Waals surface area contributed by atoms with Crippen molar-refractivity contribution in [2.24, 2.45) is 0 Å². The Balaban J connectivity index is 2.22. The van der Waals surface area contributed by atoms with Crippen LogP contribution in [0.5, 0.6) is 0 Å². The van der Waals surface area contributed by atoms with E-state index in [1.54, 1.807) is 6.07 Å². The molecule has 1 aliphatic rings. The SMILES string of the molecule is CCNc1c(CN(CCC#N)C2CC2)cccc1[N+](=O)[O-]. The Bertz CT molecular complexity index is 549. The zero-order valence-electron chi connectivity index (χ0n) is 12.2. The van der Waals surface area contributed by atoms with E-state index in [-0.39, 0.29) is 10.6 Å². The van der Waals surface area contributed by atoms with Crippen molar-refractivity contribution in [3.63, 3.8) is 0 Å². The first-order valence-corrected chi connectivity index (χ1v) is 7.28. The Labute approximate surface area is 124 Å². The van der Waals surface area contributed by atoms with Crippen molar-refractivity contribution < 1.29 is 4.92 Å². The lowest BCUT2D eigenvalue weighted by Gasteiger charge is -2.22. The number of hydrogen-bond donors (Lipinski definition) is 1. The molecule has 0 radical (unpaired) electrons. The summed E-state index contributed by atoms with van der Waals surface area (Å²) in [6, 6.07) is 7.87. The molecule has 1 fully saturated rings. The summed E-state index contributed by atoms with van der Waals surface area (Å²) < 4.78 is 0. The quantitative estimate of drug-likeness (QED) is 0.587. The van der Waals surface area contributed by atoms with Crippen LogP contribution in [0.4, 0.5) is 11.4 Å². The van der Waals surface area contributed by atoms with Gasteiger partial charge in [-0.05, 0) is 25.3 Å². The van der Waals surface area contributed by atoms with Gasteiger partial charge in [0.25, 0.3) is 5.69 Å². The van der Waals surface area contributed by atoms with E-state index in [0.29, 0.717) is 31.2 Å². The number of nitrogens with one attached hydrogen (secondary N) is 1.